The molecular weight excluding hydrogens is 224 g/mol. The number of rotatable bonds is 4. The molecule has 1 aromatic carbocycles. The van der Waals surface area contributed by atoms with Gasteiger partial charge in [0.15, 0.2) is 0 Å². The van der Waals surface area contributed by atoms with Gasteiger partial charge in [-0.25, -0.2) is 0 Å². The van der Waals surface area contributed by atoms with E-state index >= 15 is 0 Å². The highest BCUT2D eigenvalue weighted by atomic mass is 16.1. The van der Waals surface area contributed by atoms with E-state index in [-0.39, 0.29) is 12.5 Å². The molecule has 0 bridgehead atoms. The van der Waals surface area contributed by atoms with Gasteiger partial charge >= 0.3 is 0 Å². The van der Waals surface area contributed by atoms with Gasteiger partial charge in [-0.15, -0.1) is 0 Å². The van der Waals surface area contributed by atoms with Crippen LogP contribution in [0.4, 0.5) is 5.69 Å². The summed E-state index contributed by atoms with van der Waals surface area (Å²) >= 11 is 0. The molecule has 18 heavy (non-hydrogen) atoms. The molecule has 1 aliphatic rings. The Labute approximate surface area is 109 Å². The fraction of sp³-hybridized carbons (Fsp3) is 0.533. The molecule has 0 unspecified atom stereocenters. The number of likely N-dealkylation sites (N-methyl/N-ethyl adjacent to an activating group) is 1. The number of hydrogen-bond acceptors (Lipinski definition) is 2. The Bertz CT molecular complexity index is 393. The Hall–Kier alpha value is -1.51. The number of carbonyl (C=O) groups excluding carboxylic acids is 1. The molecule has 1 fully saturated rings. The topological polar surface area (TPSA) is 46.3 Å². The number of hydrogen-bond donors (Lipinski definition) is 1. The van der Waals surface area contributed by atoms with E-state index in [4.69, 9.17) is 5.73 Å². The first-order chi connectivity index (χ1) is 8.66. The van der Waals surface area contributed by atoms with Gasteiger partial charge in [-0.05, 0) is 36.5 Å². The molecule has 1 saturated carbocycles. The fourth-order valence-corrected chi connectivity index (χ4v) is 2.76. The molecule has 98 valence electrons. The van der Waals surface area contributed by atoms with Crippen LogP contribution in [0.5, 0.6) is 0 Å². The minimum atomic E-state index is -0.297. The Morgan fingerprint density at radius 2 is 1.83 bits per heavy atom. The first-order valence-corrected chi connectivity index (χ1v) is 6.76. The van der Waals surface area contributed by atoms with E-state index < -0.39 is 0 Å². The molecule has 1 aromatic rings. The normalized spacial score (nSPS) is 16.5. The van der Waals surface area contributed by atoms with Crippen molar-refractivity contribution in [2.24, 2.45) is 5.73 Å². The van der Waals surface area contributed by atoms with Gasteiger partial charge in [0.25, 0.3) is 0 Å². The molecule has 0 radical (unpaired) electrons. The predicted octanol–water partition coefficient (Wildman–Crippen LogP) is 2.66. The van der Waals surface area contributed by atoms with Crippen molar-refractivity contribution in [3.8, 4) is 0 Å². The Balaban J connectivity index is 2.02. The highest BCUT2D eigenvalue weighted by Crippen LogP contribution is 2.33. The number of carbonyl (C=O) groups is 1. The molecule has 0 aliphatic heterocycles. The van der Waals surface area contributed by atoms with E-state index in [0.717, 1.165) is 11.6 Å². The zero-order valence-corrected chi connectivity index (χ0v) is 11.1. The number of primary amides is 1. The lowest BCUT2D eigenvalue weighted by Crippen LogP contribution is -2.30. The minimum absolute atomic E-state index is 0.267. The second-order valence-electron chi connectivity index (χ2n) is 5.25. The molecule has 2 N–H and O–H groups in total. The van der Waals surface area contributed by atoms with Crippen LogP contribution in [0.2, 0.25) is 0 Å². The third-order valence-electron chi connectivity index (χ3n) is 3.80. The molecule has 0 spiro atoms. The first kappa shape index (κ1) is 12.9. The molecular formula is C15H22N2O. The van der Waals surface area contributed by atoms with Crippen LogP contribution in [0.1, 0.15) is 43.6 Å². The maximum Gasteiger partial charge on any atom is 0.236 e. The van der Waals surface area contributed by atoms with Crippen molar-refractivity contribution in [3.63, 3.8) is 0 Å². The summed E-state index contributed by atoms with van der Waals surface area (Å²) in [5.41, 5.74) is 7.68. The van der Waals surface area contributed by atoms with Crippen LogP contribution in [0, 0.1) is 0 Å². The van der Waals surface area contributed by atoms with E-state index in [0.29, 0.717) is 0 Å². The highest BCUT2D eigenvalue weighted by Gasteiger charge is 2.15. The summed E-state index contributed by atoms with van der Waals surface area (Å²) in [5, 5.41) is 0. The summed E-state index contributed by atoms with van der Waals surface area (Å²) < 4.78 is 0. The Kier molecular flexibility index (Phi) is 4.24. The second kappa shape index (κ2) is 5.89. The van der Waals surface area contributed by atoms with Gasteiger partial charge in [0.05, 0.1) is 6.54 Å². The summed E-state index contributed by atoms with van der Waals surface area (Å²) in [6, 6.07) is 8.57. The molecule has 1 aliphatic carbocycles. The monoisotopic (exact) mass is 246 g/mol. The summed E-state index contributed by atoms with van der Waals surface area (Å²) in [7, 11) is 1.89. The van der Waals surface area contributed by atoms with E-state index in [2.05, 4.69) is 24.3 Å². The predicted molar refractivity (Wildman–Crippen MR) is 74.7 cm³/mol. The van der Waals surface area contributed by atoms with Crippen molar-refractivity contribution >= 4 is 11.6 Å². The van der Waals surface area contributed by atoms with Gasteiger partial charge in [0.1, 0.15) is 0 Å². The minimum Gasteiger partial charge on any atom is -0.368 e. The average Bonchev–Trinajstić information content (AvgIpc) is 2.39. The molecule has 0 atom stereocenters. The third kappa shape index (κ3) is 3.25. The number of anilines is 1. The van der Waals surface area contributed by atoms with Crippen LogP contribution in [0.25, 0.3) is 0 Å². The molecule has 2 rings (SSSR count). The summed E-state index contributed by atoms with van der Waals surface area (Å²) in [6.07, 6.45) is 6.73. The lowest BCUT2D eigenvalue weighted by atomic mass is 9.84. The van der Waals surface area contributed by atoms with Gasteiger partial charge < -0.3 is 10.6 Å². The van der Waals surface area contributed by atoms with Gasteiger partial charge in [-0.3, -0.25) is 4.79 Å². The largest absolute Gasteiger partial charge is 0.368 e. The summed E-state index contributed by atoms with van der Waals surface area (Å²) in [6.45, 7) is 0.267. The van der Waals surface area contributed by atoms with Gasteiger partial charge in [-0.2, -0.15) is 0 Å². The number of nitrogens with zero attached hydrogens (tertiary/aromatic N) is 1. The maximum atomic E-state index is 10.9. The SMILES string of the molecule is CN(CC(N)=O)c1ccc(C2CCCCC2)cc1. The molecule has 3 nitrogen and oxygen atoms in total. The lowest BCUT2D eigenvalue weighted by molar-refractivity contribution is -0.116. The average molecular weight is 246 g/mol. The van der Waals surface area contributed by atoms with Crippen LogP contribution in [0.3, 0.4) is 0 Å². The van der Waals surface area contributed by atoms with Crippen LogP contribution in [-0.4, -0.2) is 19.5 Å². The molecule has 3 heteroatoms. The van der Waals surface area contributed by atoms with E-state index in [1.165, 1.54) is 37.7 Å². The van der Waals surface area contributed by atoms with E-state index in [1.54, 1.807) is 0 Å². The number of nitrogens with two attached hydrogens (primary N) is 1. The van der Waals surface area contributed by atoms with Crippen LogP contribution in [0.15, 0.2) is 24.3 Å². The first-order valence-electron chi connectivity index (χ1n) is 6.76. The summed E-state index contributed by atoms with van der Waals surface area (Å²) in [4.78, 5) is 12.8. The Morgan fingerprint density at radius 3 is 2.39 bits per heavy atom. The van der Waals surface area contributed by atoms with E-state index in [9.17, 15) is 4.79 Å². The van der Waals surface area contributed by atoms with Gasteiger partial charge in [0, 0.05) is 12.7 Å². The molecule has 0 saturated heterocycles. The highest BCUT2D eigenvalue weighted by molar-refractivity contribution is 5.79. The summed E-state index contributed by atoms with van der Waals surface area (Å²) in [5.74, 6) is 0.433. The maximum absolute atomic E-state index is 10.9. The van der Waals surface area contributed by atoms with Crippen LogP contribution >= 0.6 is 0 Å². The van der Waals surface area contributed by atoms with Crippen molar-refractivity contribution in [1.82, 2.24) is 0 Å². The standard InChI is InChI=1S/C15H22N2O/c1-17(11-15(16)18)14-9-7-13(8-10-14)12-5-3-2-4-6-12/h7-10,12H,2-6,11H2,1H3,(H2,16,18). The zero-order valence-electron chi connectivity index (χ0n) is 11.1. The molecule has 1 amide bonds. The lowest BCUT2D eigenvalue weighted by Gasteiger charge is -2.23. The van der Waals surface area contributed by atoms with Gasteiger partial charge in [0.2, 0.25) is 5.91 Å². The van der Waals surface area contributed by atoms with Crippen molar-refractivity contribution in [2.45, 2.75) is 38.0 Å². The quantitative estimate of drug-likeness (QED) is 0.887. The van der Waals surface area contributed by atoms with Crippen molar-refractivity contribution in [2.75, 3.05) is 18.5 Å². The number of amides is 1. The van der Waals surface area contributed by atoms with Gasteiger partial charge in [-0.1, -0.05) is 31.4 Å². The smallest absolute Gasteiger partial charge is 0.236 e. The second-order valence-corrected chi connectivity index (χ2v) is 5.25. The third-order valence-corrected chi connectivity index (χ3v) is 3.80. The van der Waals surface area contributed by atoms with Crippen LogP contribution in [-0.2, 0) is 4.79 Å². The van der Waals surface area contributed by atoms with Crippen molar-refractivity contribution < 1.29 is 4.79 Å². The Morgan fingerprint density at radius 1 is 1.22 bits per heavy atom. The van der Waals surface area contributed by atoms with Crippen molar-refractivity contribution in [3.05, 3.63) is 29.8 Å². The molecule has 0 aromatic heterocycles. The van der Waals surface area contributed by atoms with E-state index in [1.807, 2.05) is 11.9 Å². The zero-order chi connectivity index (χ0) is 13.0. The number of benzene rings is 1. The van der Waals surface area contributed by atoms with Crippen molar-refractivity contribution in [1.29, 1.82) is 0 Å². The fourth-order valence-electron chi connectivity index (χ4n) is 2.76. The molecule has 0 heterocycles. The van der Waals surface area contributed by atoms with Crippen LogP contribution < -0.4 is 10.6 Å².